The summed E-state index contributed by atoms with van der Waals surface area (Å²) in [6, 6.07) is 0. The number of hydrogen-bond acceptors (Lipinski definition) is 4. The van der Waals surface area contributed by atoms with E-state index in [1.165, 1.54) is 4.90 Å². The van der Waals surface area contributed by atoms with E-state index in [1.807, 2.05) is 13.8 Å². The summed E-state index contributed by atoms with van der Waals surface area (Å²) >= 11 is 0. The first-order chi connectivity index (χ1) is 9.63. The van der Waals surface area contributed by atoms with Gasteiger partial charge in [-0.25, -0.2) is 0 Å². The van der Waals surface area contributed by atoms with Crippen molar-refractivity contribution < 1.29 is 9.59 Å². The highest BCUT2D eigenvalue weighted by atomic mass is 16.2. The largest absolute Gasteiger partial charge is 0.314 e. The van der Waals surface area contributed by atoms with Crippen LogP contribution in [0.15, 0.2) is 0 Å². The molecule has 2 amide bonds. The molecule has 0 atom stereocenters. The number of rotatable bonds is 6. The van der Waals surface area contributed by atoms with E-state index >= 15 is 0 Å². The van der Waals surface area contributed by atoms with Crippen LogP contribution in [0.2, 0.25) is 0 Å². The third kappa shape index (κ3) is 3.04. The van der Waals surface area contributed by atoms with E-state index in [4.69, 9.17) is 0 Å². The molecule has 2 saturated heterocycles. The van der Waals surface area contributed by atoms with Gasteiger partial charge in [0, 0.05) is 39.1 Å². The molecule has 0 saturated carbocycles. The highest BCUT2D eigenvalue weighted by molar-refractivity contribution is 6.05. The minimum absolute atomic E-state index is 0.0269. The molecule has 2 fully saturated rings. The van der Waals surface area contributed by atoms with Gasteiger partial charge in [0.05, 0.1) is 5.41 Å². The van der Waals surface area contributed by atoms with Gasteiger partial charge < -0.3 is 10.2 Å². The second-order valence-electron chi connectivity index (χ2n) is 5.96. The van der Waals surface area contributed by atoms with E-state index in [2.05, 4.69) is 10.2 Å². The summed E-state index contributed by atoms with van der Waals surface area (Å²) in [5.74, 6) is 0.0896. The van der Waals surface area contributed by atoms with E-state index < -0.39 is 5.41 Å². The fourth-order valence-corrected chi connectivity index (χ4v) is 3.28. The maximum absolute atomic E-state index is 12.5. The number of hydrogen-bond donors (Lipinski definition) is 1. The summed E-state index contributed by atoms with van der Waals surface area (Å²) in [6.45, 7) is 9.80. The predicted molar refractivity (Wildman–Crippen MR) is 78.3 cm³/mol. The van der Waals surface area contributed by atoms with E-state index in [1.54, 1.807) is 0 Å². The van der Waals surface area contributed by atoms with Crippen molar-refractivity contribution in [2.24, 2.45) is 5.41 Å². The van der Waals surface area contributed by atoms with Crippen molar-refractivity contribution in [2.75, 3.05) is 39.3 Å². The Hall–Kier alpha value is -0.940. The minimum atomic E-state index is -0.411. The molecule has 0 radical (unpaired) electrons. The molecular weight excluding hydrogens is 254 g/mol. The number of imide groups is 1. The van der Waals surface area contributed by atoms with Gasteiger partial charge in [0.1, 0.15) is 0 Å². The Morgan fingerprint density at radius 1 is 1.10 bits per heavy atom. The van der Waals surface area contributed by atoms with E-state index in [0.717, 1.165) is 52.0 Å². The van der Waals surface area contributed by atoms with Crippen molar-refractivity contribution in [2.45, 2.75) is 39.5 Å². The van der Waals surface area contributed by atoms with Gasteiger partial charge in [0.2, 0.25) is 11.8 Å². The molecule has 0 aromatic carbocycles. The Labute approximate surface area is 121 Å². The number of carbonyl (C=O) groups excluding carboxylic acids is 2. The van der Waals surface area contributed by atoms with Crippen LogP contribution in [0.4, 0.5) is 0 Å². The number of nitrogens with zero attached hydrogens (tertiary/aromatic N) is 2. The molecule has 1 N–H and O–H groups in total. The first-order valence-corrected chi connectivity index (χ1v) is 7.91. The van der Waals surface area contributed by atoms with Gasteiger partial charge in [0.25, 0.3) is 0 Å². The lowest BCUT2D eigenvalue weighted by molar-refractivity contribution is -0.141. The molecule has 2 aliphatic heterocycles. The number of piperazine rings is 1. The van der Waals surface area contributed by atoms with Gasteiger partial charge in [-0.05, 0) is 25.8 Å². The van der Waals surface area contributed by atoms with Gasteiger partial charge in [-0.3, -0.25) is 14.5 Å². The number of amides is 2. The number of likely N-dealkylation sites (tertiary alicyclic amines) is 1. The molecule has 2 aliphatic rings. The lowest BCUT2D eigenvalue weighted by atomic mass is 9.81. The Balaban J connectivity index is 1.83. The average Bonchev–Trinajstić information content (AvgIpc) is 2.73. The van der Waals surface area contributed by atoms with Gasteiger partial charge in [-0.1, -0.05) is 13.8 Å². The molecule has 5 nitrogen and oxygen atoms in total. The van der Waals surface area contributed by atoms with Gasteiger partial charge >= 0.3 is 0 Å². The maximum atomic E-state index is 12.5. The SMILES string of the molecule is CCC1(CC)CC(=O)N(CCCN2CCNCC2)C1=O. The zero-order valence-corrected chi connectivity index (χ0v) is 12.8. The van der Waals surface area contributed by atoms with Gasteiger partial charge in [-0.15, -0.1) is 0 Å². The van der Waals surface area contributed by atoms with E-state index in [9.17, 15) is 9.59 Å². The van der Waals surface area contributed by atoms with Crippen LogP contribution < -0.4 is 5.32 Å². The van der Waals surface area contributed by atoms with E-state index in [0.29, 0.717) is 13.0 Å². The summed E-state index contributed by atoms with van der Waals surface area (Å²) in [7, 11) is 0. The molecule has 0 aliphatic carbocycles. The van der Waals surface area contributed by atoms with Crippen LogP contribution in [0.25, 0.3) is 0 Å². The maximum Gasteiger partial charge on any atom is 0.235 e. The molecule has 0 aromatic rings. The van der Waals surface area contributed by atoms with E-state index in [-0.39, 0.29) is 11.8 Å². The molecular formula is C15H27N3O2. The van der Waals surface area contributed by atoms with Crippen molar-refractivity contribution in [3.05, 3.63) is 0 Å². The third-order valence-electron chi connectivity index (χ3n) is 4.91. The second kappa shape index (κ2) is 6.68. The fraction of sp³-hybridized carbons (Fsp3) is 0.867. The summed E-state index contributed by atoms with van der Waals surface area (Å²) in [4.78, 5) is 28.5. The smallest absolute Gasteiger partial charge is 0.235 e. The summed E-state index contributed by atoms with van der Waals surface area (Å²) in [5.41, 5.74) is -0.411. The van der Waals surface area contributed by atoms with Crippen LogP contribution in [0.5, 0.6) is 0 Å². The Kier molecular flexibility index (Phi) is 5.16. The number of nitrogens with one attached hydrogen (secondary N) is 1. The first-order valence-electron chi connectivity index (χ1n) is 7.91. The van der Waals surface area contributed by atoms with Crippen LogP contribution in [0, 0.1) is 5.41 Å². The summed E-state index contributed by atoms with van der Waals surface area (Å²) in [5, 5.41) is 3.33. The van der Waals surface area contributed by atoms with Crippen LogP contribution in [-0.2, 0) is 9.59 Å². The second-order valence-corrected chi connectivity index (χ2v) is 5.96. The van der Waals surface area contributed by atoms with Crippen LogP contribution >= 0.6 is 0 Å². The Morgan fingerprint density at radius 2 is 1.75 bits per heavy atom. The fourth-order valence-electron chi connectivity index (χ4n) is 3.28. The molecule has 114 valence electrons. The van der Waals surface area contributed by atoms with Crippen molar-refractivity contribution in [3.63, 3.8) is 0 Å². The third-order valence-corrected chi connectivity index (χ3v) is 4.91. The predicted octanol–water partition coefficient (Wildman–Crippen LogP) is 0.847. The lowest BCUT2D eigenvalue weighted by Gasteiger charge is -2.28. The molecule has 2 heterocycles. The average molecular weight is 281 g/mol. The molecule has 0 unspecified atom stereocenters. The first kappa shape index (κ1) is 15.4. The van der Waals surface area contributed by atoms with Gasteiger partial charge in [-0.2, -0.15) is 0 Å². The monoisotopic (exact) mass is 281 g/mol. The van der Waals surface area contributed by atoms with Crippen molar-refractivity contribution in [3.8, 4) is 0 Å². The molecule has 2 rings (SSSR count). The molecule has 20 heavy (non-hydrogen) atoms. The minimum Gasteiger partial charge on any atom is -0.314 e. The van der Waals surface area contributed by atoms with Crippen LogP contribution in [-0.4, -0.2) is 60.9 Å². The normalized spacial score (nSPS) is 23.6. The standard InChI is InChI=1S/C15H27N3O2/c1-3-15(4-2)12-13(19)18(14(15)20)9-5-8-17-10-6-16-7-11-17/h16H,3-12H2,1-2H3. The van der Waals surface area contributed by atoms with Crippen LogP contribution in [0.1, 0.15) is 39.5 Å². The molecule has 5 heteroatoms. The number of carbonyl (C=O) groups is 2. The molecule has 0 aromatic heterocycles. The van der Waals surface area contributed by atoms with Gasteiger partial charge in [0.15, 0.2) is 0 Å². The summed E-state index contributed by atoms with van der Waals surface area (Å²) < 4.78 is 0. The van der Waals surface area contributed by atoms with Crippen molar-refractivity contribution in [1.29, 1.82) is 0 Å². The quantitative estimate of drug-likeness (QED) is 0.733. The highest BCUT2D eigenvalue weighted by Crippen LogP contribution is 2.39. The molecule has 0 spiro atoms. The van der Waals surface area contributed by atoms with Crippen LogP contribution in [0.3, 0.4) is 0 Å². The Bertz CT molecular complexity index is 360. The topological polar surface area (TPSA) is 52.7 Å². The lowest BCUT2D eigenvalue weighted by Crippen LogP contribution is -2.44. The Morgan fingerprint density at radius 3 is 2.30 bits per heavy atom. The zero-order chi connectivity index (χ0) is 14.6. The molecule has 0 bridgehead atoms. The zero-order valence-electron chi connectivity index (χ0n) is 12.8. The highest BCUT2D eigenvalue weighted by Gasteiger charge is 2.48. The van der Waals surface area contributed by atoms with Crippen molar-refractivity contribution in [1.82, 2.24) is 15.1 Å². The van der Waals surface area contributed by atoms with Crippen molar-refractivity contribution >= 4 is 11.8 Å². The summed E-state index contributed by atoms with van der Waals surface area (Å²) in [6.07, 6.45) is 2.83.